The number of aryl methyl sites for hydroxylation is 1. The van der Waals surface area contributed by atoms with Crippen molar-refractivity contribution in [1.29, 1.82) is 0 Å². The molecule has 0 amide bonds. The second kappa shape index (κ2) is 3.24. The Morgan fingerprint density at radius 3 is 2.92 bits per heavy atom. The van der Waals surface area contributed by atoms with Gasteiger partial charge in [-0.3, -0.25) is 4.79 Å². The number of aldehydes is 1. The predicted octanol–water partition coefficient (Wildman–Crippen LogP) is 3.78. The Kier molecular flexibility index (Phi) is 2.22. The van der Waals surface area contributed by atoms with E-state index in [4.69, 9.17) is 0 Å². The zero-order valence-electron chi connectivity index (χ0n) is 7.00. The Bertz CT molecular complexity index is 473. The summed E-state index contributed by atoms with van der Waals surface area (Å²) in [4.78, 5) is 10.7. The van der Waals surface area contributed by atoms with E-state index < -0.39 is 0 Å². The molecule has 0 aliphatic heterocycles. The van der Waals surface area contributed by atoms with Crippen molar-refractivity contribution in [2.45, 2.75) is 6.92 Å². The van der Waals surface area contributed by atoms with Crippen molar-refractivity contribution in [3.05, 3.63) is 33.1 Å². The van der Waals surface area contributed by atoms with E-state index in [-0.39, 0.29) is 0 Å². The summed E-state index contributed by atoms with van der Waals surface area (Å²) in [7, 11) is 0. The van der Waals surface area contributed by atoms with Gasteiger partial charge >= 0.3 is 0 Å². The zero-order chi connectivity index (χ0) is 9.42. The normalized spacial score (nSPS) is 10.6. The molecule has 0 saturated heterocycles. The van der Waals surface area contributed by atoms with Gasteiger partial charge in [-0.05, 0) is 18.6 Å². The number of halogens is 1. The molecule has 1 aromatic heterocycles. The fraction of sp³-hybridized carbons (Fsp3) is 0.100. The molecule has 0 spiro atoms. The molecule has 0 saturated carbocycles. The van der Waals surface area contributed by atoms with Gasteiger partial charge in [-0.15, -0.1) is 11.3 Å². The van der Waals surface area contributed by atoms with Crippen molar-refractivity contribution in [1.82, 2.24) is 0 Å². The molecule has 0 aliphatic rings. The average molecular weight is 255 g/mol. The first-order valence-corrected chi connectivity index (χ1v) is 5.53. The molecule has 1 aromatic carbocycles. The van der Waals surface area contributed by atoms with Gasteiger partial charge in [0.25, 0.3) is 0 Å². The molecule has 0 unspecified atom stereocenters. The summed E-state index contributed by atoms with van der Waals surface area (Å²) in [6.07, 6.45) is 0.909. The average Bonchev–Trinajstić information content (AvgIpc) is 2.55. The highest BCUT2D eigenvalue weighted by Gasteiger charge is 2.06. The molecule has 66 valence electrons. The van der Waals surface area contributed by atoms with Crippen molar-refractivity contribution in [3.63, 3.8) is 0 Å². The second-order valence-electron chi connectivity index (χ2n) is 2.86. The zero-order valence-corrected chi connectivity index (χ0v) is 9.41. The molecule has 0 fully saturated rings. The highest BCUT2D eigenvalue weighted by molar-refractivity contribution is 9.10. The van der Waals surface area contributed by atoms with Gasteiger partial charge in [-0.2, -0.15) is 0 Å². The van der Waals surface area contributed by atoms with E-state index in [0.717, 1.165) is 21.7 Å². The lowest BCUT2D eigenvalue weighted by molar-refractivity contribution is 0.112. The number of rotatable bonds is 1. The summed E-state index contributed by atoms with van der Waals surface area (Å²) < 4.78 is 2.29. The molecule has 0 N–H and O–H groups in total. The molecule has 0 atom stereocenters. The predicted molar refractivity (Wildman–Crippen MR) is 59.6 cm³/mol. The van der Waals surface area contributed by atoms with E-state index in [2.05, 4.69) is 22.9 Å². The minimum Gasteiger partial charge on any atom is -0.298 e. The summed E-state index contributed by atoms with van der Waals surface area (Å²) in [6, 6.07) is 3.96. The van der Waals surface area contributed by atoms with Crippen LogP contribution in [0.5, 0.6) is 0 Å². The topological polar surface area (TPSA) is 17.1 Å². The Balaban J connectivity index is 2.88. The van der Waals surface area contributed by atoms with E-state index in [1.54, 1.807) is 11.3 Å². The van der Waals surface area contributed by atoms with Crippen LogP contribution < -0.4 is 0 Å². The second-order valence-corrected chi connectivity index (χ2v) is 4.59. The maximum absolute atomic E-state index is 10.7. The molecule has 0 aliphatic carbocycles. The SMILES string of the molecule is Cc1c(Br)ccc2c(C=O)csc12. The number of hydrogen-bond acceptors (Lipinski definition) is 2. The lowest BCUT2D eigenvalue weighted by atomic mass is 10.1. The third-order valence-electron chi connectivity index (χ3n) is 2.08. The van der Waals surface area contributed by atoms with Crippen LogP contribution in [0, 0.1) is 6.92 Å². The van der Waals surface area contributed by atoms with Gasteiger partial charge < -0.3 is 0 Å². The first-order valence-electron chi connectivity index (χ1n) is 3.85. The minimum atomic E-state index is 0.788. The molecule has 2 rings (SSSR count). The Labute approximate surface area is 88.5 Å². The number of carbonyl (C=O) groups excluding carboxylic acids is 1. The first-order chi connectivity index (χ1) is 6.24. The lowest BCUT2D eigenvalue weighted by Crippen LogP contribution is -1.78. The van der Waals surface area contributed by atoms with Crippen molar-refractivity contribution in [2.75, 3.05) is 0 Å². The van der Waals surface area contributed by atoms with Crippen LogP contribution in [-0.4, -0.2) is 6.29 Å². The fourth-order valence-corrected chi connectivity index (χ4v) is 2.81. The van der Waals surface area contributed by atoms with Gasteiger partial charge in [0.2, 0.25) is 0 Å². The number of hydrogen-bond donors (Lipinski definition) is 0. The Hall–Kier alpha value is -0.670. The van der Waals surface area contributed by atoms with Crippen LogP contribution in [0.15, 0.2) is 22.0 Å². The van der Waals surface area contributed by atoms with Crippen molar-refractivity contribution in [2.24, 2.45) is 0 Å². The standard InChI is InChI=1S/C10H7BrOS/c1-6-9(11)3-2-8-7(4-12)5-13-10(6)8/h2-5H,1H3. The van der Waals surface area contributed by atoms with Gasteiger partial charge in [0.05, 0.1) is 0 Å². The van der Waals surface area contributed by atoms with Crippen molar-refractivity contribution < 1.29 is 4.79 Å². The third kappa shape index (κ3) is 1.32. The molecule has 13 heavy (non-hydrogen) atoms. The number of carbonyl (C=O) groups is 1. The molecule has 2 aromatic rings. The number of thiophene rings is 1. The van der Waals surface area contributed by atoms with Crippen LogP contribution in [0.2, 0.25) is 0 Å². The van der Waals surface area contributed by atoms with Gasteiger partial charge in [0.15, 0.2) is 6.29 Å². The first kappa shape index (κ1) is 8.91. The van der Waals surface area contributed by atoms with Crippen molar-refractivity contribution >= 4 is 43.6 Å². The quantitative estimate of drug-likeness (QED) is 0.708. The summed E-state index contributed by atoms with van der Waals surface area (Å²) in [5.74, 6) is 0. The van der Waals surface area contributed by atoms with Crippen LogP contribution in [-0.2, 0) is 0 Å². The highest BCUT2D eigenvalue weighted by atomic mass is 79.9. The van der Waals surface area contributed by atoms with Crippen molar-refractivity contribution in [3.8, 4) is 0 Å². The molecule has 0 bridgehead atoms. The van der Waals surface area contributed by atoms with Gasteiger partial charge in [-0.1, -0.05) is 22.0 Å². The molecule has 1 heterocycles. The smallest absolute Gasteiger partial charge is 0.151 e. The maximum Gasteiger partial charge on any atom is 0.151 e. The van der Waals surface area contributed by atoms with Crippen LogP contribution in [0.4, 0.5) is 0 Å². The summed E-state index contributed by atoms with van der Waals surface area (Å²) in [6.45, 7) is 2.05. The van der Waals surface area contributed by atoms with E-state index in [9.17, 15) is 4.79 Å². The summed E-state index contributed by atoms with van der Waals surface area (Å²) in [5.41, 5.74) is 1.99. The van der Waals surface area contributed by atoms with E-state index in [1.165, 1.54) is 10.3 Å². The Morgan fingerprint density at radius 1 is 1.46 bits per heavy atom. The van der Waals surface area contributed by atoms with E-state index >= 15 is 0 Å². The van der Waals surface area contributed by atoms with E-state index in [1.807, 2.05) is 17.5 Å². The Morgan fingerprint density at radius 2 is 2.23 bits per heavy atom. The summed E-state index contributed by atoms with van der Waals surface area (Å²) in [5, 5.41) is 2.96. The summed E-state index contributed by atoms with van der Waals surface area (Å²) >= 11 is 5.08. The molecule has 0 radical (unpaired) electrons. The number of fused-ring (bicyclic) bond motifs is 1. The third-order valence-corrected chi connectivity index (χ3v) is 4.07. The number of benzene rings is 1. The molecular weight excluding hydrogens is 248 g/mol. The fourth-order valence-electron chi connectivity index (χ4n) is 1.32. The maximum atomic E-state index is 10.7. The minimum absolute atomic E-state index is 0.788. The van der Waals surface area contributed by atoms with Crippen LogP contribution in [0.1, 0.15) is 15.9 Å². The molecule has 1 nitrogen and oxygen atoms in total. The van der Waals surface area contributed by atoms with Gasteiger partial charge in [0, 0.05) is 25.5 Å². The van der Waals surface area contributed by atoms with Crippen LogP contribution in [0.25, 0.3) is 10.1 Å². The molecule has 3 heteroatoms. The lowest BCUT2D eigenvalue weighted by Gasteiger charge is -1.98. The molecular formula is C10H7BrOS. The highest BCUT2D eigenvalue weighted by Crippen LogP contribution is 2.31. The van der Waals surface area contributed by atoms with Gasteiger partial charge in [-0.25, -0.2) is 0 Å². The van der Waals surface area contributed by atoms with E-state index in [0.29, 0.717) is 0 Å². The van der Waals surface area contributed by atoms with Crippen LogP contribution in [0.3, 0.4) is 0 Å². The monoisotopic (exact) mass is 254 g/mol. The van der Waals surface area contributed by atoms with Gasteiger partial charge in [0.1, 0.15) is 0 Å². The largest absolute Gasteiger partial charge is 0.298 e. The van der Waals surface area contributed by atoms with Crippen LogP contribution >= 0.6 is 27.3 Å².